The number of benzene rings is 1. The molecular weight excluding hydrogens is 420 g/mol. The van der Waals surface area contributed by atoms with Crippen LogP contribution in [0, 0.1) is 5.82 Å². The summed E-state index contributed by atoms with van der Waals surface area (Å²) in [5, 5.41) is 10.8. The number of rotatable bonds is 6. The first-order valence-electron chi connectivity index (χ1n) is 10.1. The summed E-state index contributed by atoms with van der Waals surface area (Å²) in [6, 6.07) is 8.29. The molecule has 1 fully saturated rings. The van der Waals surface area contributed by atoms with E-state index in [1.165, 1.54) is 0 Å². The van der Waals surface area contributed by atoms with E-state index in [0.717, 1.165) is 6.20 Å². The molecule has 1 aliphatic rings. The molecule has 3 N–H and O–H groups in total. The van der Waals surface area contributed by atoms with Crippen LogP contribution in [-0.4, -0.2) is 52.3 Å². The number of hydrogen-bond acceptors (Lipinski definition) is 9. The lowest BCUT2D eigenvalue weighted by atomic mass is 10.1. The van der Waals surface area contributed by atoms with Gasteiger partial charge >= 0.3 is 0 Å². The number of nitrogens with zero attached hydrogens (tertiary/aromatic N) is 5. The van der Waals surface area contributed by atoms with Gasteiger partial charge in [-0.05, 0) is 37.6 Å². The van der Waals surface area contributed by atoms with Gasteiger partial charge < -0.3 is 25.4 Å². The van der Waals surface area contributed by atoms with E-state index in [0.29, 0.717) is 35.9 Å². The van der Waals surface area contributed by atoms with Gasteiger partial charge in [0.2, 0.25) is 12.8 Å². The van der Waals surface area contributed by atoms with E-state index in [9.17, 15) is 8.78 Å². The molecule has 0 saturated carbocycles. The SMILES string of the molecule is C[C@@H]1CN(c2ncc(F)c(Nc3cc(-c4ccc(OCF)cc4)c(N)nn3)n2)C[C@H](C)O1. The fourth-order valence-electron chi connectivity index (χ4n) is 3.55. The van der Waals surface area contributed by atoms with Gasteiger partial charge in [0.15, 0.2) is 23.3 Å². The van der Waals surface area contributed by atoms with Crippen LogP contribution in [-0.2, 0) is 4.74 Å². The van der Waals surface area contributed by atoms with Gasteiger partial charge in [-0.25, -0.2) is 13.8 Å². The molecule has 1 saturated heterocycles. The van der Waals surface area contributed by atoms with Crippen LogP contribution in [0.3, 0.4) is 0 Å². The third-order valence-electron chi connectivity index (χ3n) is 4.89. The number of anilines is 4. The van der Waals surface area contributed by atoms with Crippen molar-refractivity contribution in [3.8, 4) is 16.9 Å². The lowest BCUT2D eigenvalue weighted by Gasteiger charge is -2.35. The zero-order valence-corrected chi connectivity index (χ0v) is 17.6. The molecular formula is C21H23F2N7O2. The van der Waals surface area contributed by atoms with Crippen molar-refractivity contribution in [3.05, 3.63) is 42.3 Å². The molecule has 168 valence electrons. The average molecular weight is 443 g/mol. The molecule has 9 nitrogen and oxygen atoms in total. The van der Waals surface area contributed by atoms with Crippen molar-refractivity contribution in [3.63, 3.8) is 0 Å². The molecule has 0 unspecified atom stereocenters. The average Bonchev–Trinajstić information content (AvgIpc) is 2.77. The molecule has 3 aromatic rings. The molecule has 0 aliphatic carbocycles. The number of nitrogens with one attached hydrogen (secondary N) is 1. The Morgan fingerprint density at radius 2 is 1.91 bits per heavy atom. The zero-order chi connectivity index (χ0) is 22.7. The fourth-order valence-corrected chi connectivity index (χ4v) is 3.55. The summed E-state index contributed by atoms with van der Waals surface area (Å²) in [4.78, 5) is 10.4. The second kappa shape index (κ2) is 9.27. The first-order chi connectivity index (χ1) is 15.4. The fraction of sp³-hybridized carbons (Fsp3) is 0.333. The molecule has 3 heterocycles. The largest absolute Gasteiger partial charge is 0.463 e. The van der Waals surface area contributed by atoms with Gasteiger partial charge in [-0.15, -0.1) is 10.2 Å². The van der Waals surface area contributed by atoms with Crippen LogP contribution in [0.5, 0.6) is 5.75 Å². The van der Waals surface area contributed by atoms with Crippen molar-refractivity contribution in [1.82, 2.24) is 20.2 Å². The lowest BCUT2D eigenvalue weighted by molar-refractivity contribution is -0.00572. The summed E-state index contributed by atoms with van der Waals surface area (Å²) >= 11 is 0. The van der Waals surface area contributed by atoms with E-state index in [1.807, 2.05) is 18.7 Å². The summed E-state index contributed by atoms with van der Waals surface area (Å²) in [5.41, 5.74) is 7.26. The summed E-state index contributed by atoms with van der Waals surface area (Å²) in [5.74, 6) is 0.565. The number of aromatic nitrogens is 4. The summed E-state index contributed by atoms with van der Waals surface area (Å²) in [6.45, 7) is 4.22. The summed E-state index contributed by atoms with van der Waals surface area (Å²) in [6.07, 6.45) is 1.14. The molecule has 0 bridgehead atoms. The van der Waals surface area contributed by atoms with Gasteiger partial charge in [0.25, 0.3) is 0 Å². The maximum atomic E-state index is 14.4. The Morgan fingerprint density at radius 3 is 2.59 bits per heavy atom. The van der Waals surface area contributed by atoms with Crippen LogP contribution >= 0.6 is 0 Å². The topological polar surface area (TPSA) is 111 Å². The van der Waals surface area contributed by atoms with Gasteiger partial charge in [0, 0.05) is 18.7 Å². The number of morpholine rings is 1. The number of nitrogens with two attached hydrogens (primary N) is 1. The second-order valence-corrected chi connectivity index (χ2v) is 7.46. The van der Waals surface area contributed by atoms with E-state index < -0.39 is 12.7 Å². The van der Waals surface area contributed by atoms with E-state index in [2.05, 4.69) is 25.5 Å². The smallest absolute Gasteiger partial charge is 0.228 e. The predicted molar refractivity (Wildman–Crippen MR) is 116 cm³/mol. The number of alkyl halides is 1. The van der Waals surface area contributed by atoms with Crippen molar-refractivity contribution in [2.75, 3.05) is 35.9 Å². The molecule has 0 radical (unpaired) electrons. The minimum Gasteiger partial charge on any atom is -0.463 e. The van der Waals surface area contributed by atoms with Crippen LogP contribution in [0.15, 0.2) is 36.5 Å². The van der Waals surface area contributed by atoms with Crippen LogP contribution in [0.4, 0.5) is 32.2 Å². The minimum absolute atomic E-state index is 0.0102. The first kappa shape index (κ1) is 21.6. The molecule has 1 aromatic carbocycles. The highest BCUT2D eigenvalue weighted by molar-refractivity contribution is 5.76. The third-order valence-corrected chi connectivity index (χ3v) is 4.89. The van der Waals surface area contributed by atoms with Gasteiger partial charge in [-0.1, -0.05) is 12.1 Å². The standard InChI is InChI=1S/C21H23F2N7O2/c1-12-9-30(10-13(2)32-12)21-25-8-17(23)20(27-21)26-18-7-16(19(24)29-28-18)14-3-5-15(6-4-14)31-11-22/h3-8,12-13H,9-11H2,1-2H3,(H2,24,29)(H,25,26,27,28)/t12-,13+. The van der Waals surface area contributed by atoms with Crippen molar-refractivity contribution >= 4 is 23.4 Å². The van der Waals surface area contributed by atoms with E-state index >= 15 is 0 Å². The van der Waals surface area contributed by atoms with Crippen molar-refractivity contribution in [2.45, 2.75) is 26.1 Å². The molecule has 2 atom stereocenters. The van der Waals surface area contributed by atoms with Crippen molar-refractivity contribution in [1.29, 1.82) is 0 Å². The van der Waals surface area contributed by atoms with Gasteiger partial charge in [-0.2, -0.15) is 4.98 Å². The molecule has 2 aromatic heterocycles. The summed E-state index contributed by atoms with van der Waals surface area (Å²) < 4.78 is 37.3. The van der Waals surface area contributed by atoms with Gasteiger partial charge in [-0.3, -0.25) is 0 Å². The number of hydrogen-bond donors (Lipinski definition) is 2. The Kier molecular flexibility index (Phi) is 6.26. The number of nitrogen functional groups attached to an aromatic ring is 1. The highest BCUT2D eigenvalue weighted by Crippen LogP contribution is 2.29. The Balaban J connectivity index is 1.58. The zero-order valence-electron chi connectivity index (χ0n) is 17.6. The first-order valence-corrected chi connectivity index (χ1v) is 10.1. The Labute approximate surface area is 183 Å². The highest BCUT2D eigenvalue weighted by atomic mass is 19.1. The van der Waals surface area contributed by atoms with E-state index in [4.69, 9.17) is 15.2 Å². The minimum atomic E-state index is -0.916. The number of ether oxygens (including phenoxy) is 2. The Morgan fingerprint density at radius 1 is 1.19 bits per heavy atom. The Bertz CT molecular complexity index is 1070. The maximum absolute atomic E-state index is 14.4. The monoisotopic (exact) mass is 443 g/mol. The molecule has 4 rings (SSSR count). The van der Waals surface area contributed by atoms with Crippen LogP contribution in [0.25, 0.3) is 11.1 Å². The van der Waals surface area contributed by atoms with Crippen molar-refractivity contribution in [2.24, 2.45) is 0 Å². The van der Waals surface area contributed by atoms with Crippen molar-refractivity contribution < 1.29 is 18.3 Å². The lowest BCUT2D eigenvalue weighted by Crippen LogP contribution is -2.46. The third kappa shape index (κ3) is 4.83. The summed E-state index contributed by atoms with van der Waals surface area (Å²) in [7, 11) is 0. The normalized spacial score (nSPS) is 18.4. The number of halogens is 2. The van der Waals surface area contributed by atoms with Gasteiger partial charge in [0.05, 0.1) is 18.4 Å². The molecule has 1 aliphatic heterocycles. The van der Waals surface area contributed by atoms with Crippen LogP contribution in [0.2, 0.25) is 0 Å². The van der Waals surface area contributed by atoms with Crippen LogP contribution in [0.1, 0.15) is 13.8 Å². The van der Waals surface area contributed by atoms with E-state index in [1.54, 1.807) is 30.3 Å². The second-order valence-electron chi connectivity index (χ2n) is 7.46. The van der Waals surface area contributed by atoms with E-state index in [-0.39, 0.29) is 29.7 Å². The predicted octanol–water partition coefficient (Wildman–Crippen LogP) is 3.32. The maximum Gasteiger partial charge on any atom is 0.228 e. The van der Waals surface area contributed by atoms with Gasteiger partial charge in [0.1, 0.15) is 5.75 Å². The van der Waals surface area contributed by atoms with Crippen LogP contribution < -0.4 is 20.7 Å². The molecule has 0 amide bonds. The molecule has 32 heavy (non-hydrogen) atoms. The highest BCUT2D eigenvalue weighted by Gasteiger charge is 2.25. The molecule has 0 spiro atoms. The quantitative estimate of drug-likeness (QED) is 0.592. The Hall–Kier alpha value is -3.60. The molecule has 11 heteroatoms.